The third kappa shape index (κ3) is 4.41. The van der Waals surface area contributed by atoms with E-state index in [0.717, 1.165) is 0 Å². The maximum Gasteiger partial charge on any atom is 0.244 e. The van der Waals surface area contributed by atoms with Gasteiger partial charge in [0.1, 0.15) is 5.75 Å². The SMILES string of the molecule is COc1ccccc1NC(=O)C1CCCN(S(=O)(=O)c2cc(-c3noc(C)n3)sc2C)C1. The van der Waals surface area contributed by atoms with Crippen LogP contribution in [0.5, 0.6) is 5.75 Å². The number of aromatic nitrogens is 2. The van der Waals surface area contributed by atoms with Gasteiger partial charge in [-0.1, -0.05) is 17.3 Å². The summed E-state index contributed by atoms with van der Waals surface area (Å²) in [5, 5.41) is 6.75. The van der Waals surface area contributed by atoms with Crippen LogP contribution in [0.15, 0.2) is 39.8 Å². The maximum atomic E-state index is 13.4. The van der Waals surface area contributed by atoms with Gasteiger partial charge in [-0.15, -0.1) is 11.3 Å². The van der Waals surface area contributed by atoms with Crippen LogP contribution < -0.4 is 10.1 Å². The van der Waals surface area contributed by atoms with Crippen LogP contribution in [0, 0.1) is 19.8 Å². The van der Waals surface area contributed by atoms with Crippen molar-refractivity contribution in [1.82, 2.24) is 14.4 Å². The molecule has 4 rings (SSSR count). The quantitative estimate of drug-likeness (QED) is 0.579. The van der Waals surface area contributed by atoms with Gasteiger partial charge in [0.15, 0.2) is 0 Å². The first-order chi connectivity index (χ1) is 15.3. The van der Waals surface area contributed by atoms with E-state index in [1.165, 1.54) is 22.8 Å². The molecule has 1 unspecified atom stereocenters. The number of amides is 1. The van der Waals surface area contributed by atoms with Crippen molar-refractivity contribution in [3.8, 4) is 16.5 Å². The maximum absolute atomic E-state index is 13.4. The number of ether oxygens (including phenoxy) is 1. The number of rotatable bonds is 6. The van der Waals surface area contributed by atoms with Crippen LogP contribution >= 0.6 is 11.3 Å². The summed E-state index contributed by atoms with van der Waals surface area (Å²) in [6.45, 7) is 3.92. The van der Waals surface area contributed by atoms with Gasteiger partial charge in [0.25, 0.3) is 0 Å². The number of para-hydroxylation sites is 2. The molecule has 1 atom stereocenters. The molecular weight excluding hydrogens is 452 g/mol. The van der Waals surface area contributed by atoms with Crippen molar-refractivity contribution in [3.05, 3.63) is 41.1 Å². The molecule has 1 fully saturated rings. The van der Waals surface area contributed by atoms with Crippen LogP contribution in [-0.4, -0.2) is 49.0 Å². The fraction of sp³-hybridized carbons (Fsp3) is 0.381. The lowest BCUT2D eigenvalue weighted by Crippen LogP contribution is -2.43. The van der Waals surface area contributed by atoms with Crippen molar-refractivity contribution in [2.45, 2.75) is 31.6 Å². The highest BCUT2D eigenvalue weighted by Gasteiger charge is 2.35. The number of methoxy groups -OCH3 is 1. The molecule has 1 amide bonds. The lowest BCUT2D eigenvalue weighted by molar-refractivity contribution is -0.120. The molecule has 11 heteroatoms. The van der Waals surface area contributed by atoms with E-state index in [1.54, 1.807) is 38.1 Å². The van der Waals surface area contributed by atoms with Gasteiger partial charge in [-0.2, -0.15) is 9.29 Å². The van der Waals surface area contributed by atoms with Gasteiger partial charge >= 0.3 is 0 Å². The Bertz CT molecular complexity index is 1230. The zero-order valence-corrected chi connectivity index (χ0v) is 19.6. The van der Waals surface area contributed by atoms with E-state index < -0.39 is 15.9 Å². The molecule has 32 heavy (non-hydrogen) atoms. The summed E-state index contributed by atoms with van der Waals surface area (Å²) in [7, 11) is -2.24. The van der Waals surface area contributed by atoms with Crippen molar-refractivity contribution in [2.24, 2.45) is 5.92 Å². The smallest absolute Gasteiger partial charge is 0.244 e. The standard InChI is InChI=1S/C21H24N4O5S2/c1-13-19(11-18(31-13)20-22-14(2)30-24-20)32(27,28)25-10-6-7-15(12-25)21(26)23-16-8-4-5-9-17(16)29-3/h4-5,8-9,11,15H,6-7,10,12H2,1-3H3,(H,23,26). The Balaban J connectivity index is 1.52. The van der Waals surface area contributed by atoms with Crippen LogP contribution in [-0.2, 0) is 14.8 Å². The molecule has 1 aromatic carbocycles. The largest absolute Gasteiger partial charge is 0.495 e. The first-order valence-corrected chi connectivity index (χ1v) is 12.4. The number of nitrogens with zero attached hydrogens (tertiary/aromatic N) is 3. The molecule has 0 aliphatic carbocycles. The Labute approximate surface area is 190 Å². The van der Waals surface area contributed by atoms with E-state index in [-0.39, 0.29) is 17.3 Å². The topological polar surface area (TPSA) is 115 Å². The highest BCUT2D eigenvalue weighted by molar-refractivity contribution is 7.89. The average molecular weight is 477 g/mol. The third-order valence-electron chi connectivity index (χ3n) is 5.36. The number of carbonyl (C=O) groups excluding carboxylic acids is 1. The van der Waals surface area contributed by atoms with Crippen molar-refractivity contribution in [1.29, 1.82) is 0 Å². The molecule has 1 saturated heterocycles. The van der Waals surface area contributed by atoms with Gasteiger partial charge in [-0.05, 0) is 38.0 Å². The van der Waals surface area contributed by atoms with Crippen LogP contribution in [0.1, 0.15) is 23.6 Å². The average Bonchev–Trinajstić information content (AvgIpc) is 3.40. The number of anilines is 1. The number of aryl methyl sites for hydroxylation is 2. The minimum absolute atomic E-state index is 0.120. The molecule has 9 nitrogen and oxygen atoms in total. The summed E-state index contributed by atoms with van der Waals surface area (Å²) >= 11 is 1.30. The van der Waals surface area contributed by atoms with Gasteiger partial charge in [0, 0.05) is 24.9 Å². The van der Waals surface area contributed by atoms with E-state index in [1.807, 2.05) is 6.07 Å². The van der Waals surface area contributed by atoms with E-state index in [0.29, 0.717) is 52.3 Å². The number of nitrogens with one attached hydrogen (secondary N) is 1. The highest BCUT2D eigenvalue weighted by Crippen LogP contribution is 2.35. The molecule has 2 aromatic heterocycles. The second-order valence-corrected chi connectivity index (χ2v) is 10.7. The van der Waals surface area contributed by atoms with Gasteiger partial charge in [0.2, 0.25) is 27.6 Å². The number of carbonyl (C=O) groups is 1. The minimum Gasteiger partial charge on any atom is -0.495 e. The molecular formula is C21H24N4O5S2. The molecule has 3 aromatic rings. The summed E-state index contributed by atoms with van der Waals surface area (Å²) in [4.78, 5) is 18.6. The van der Waals surface area contributed by atoms with Crippen molar-refractivity contribution < 1.29 is 22.5 Å². The summed E-state index contributed by atoms with van der Waals surface area (Å²) in [5.74, 6) is 0.653. The molecule has 0 saturated carbocycles. The Morgan fingerprint density at radius 3 is 2.81 bits per heavy atom. The monoisotopic (exact) mass is 476 g/mol. The predicted octanol–water partition coefficient (Wildman–Crippen LogP) is 3.46. The second-order valence-electron chi connectivity index (χ2n) is 7.56. The van der Waals surface area contributed by atoms with Crippen LogP contribution in [0.3, 0.4) is 0 Å². The predicted molar refractivity (Wildman–Crippen MR) is 120 cm³/mol. The summed E-state index contributed by atoms with van der Waals surface area (Å²) in [5.41, 5.74) is 0.564. The van der Waals surface area contributed by atoms with Gasteiger partial charge < -0.3 is 14.6 Å². The van der Waals surface area contributed by atoms with E-state index in [9.17, 15) is 13.2 Å². The molecule has 1 aliphatic heterocycles. The number of piperidine rings is 1. The summed E-state index contributed by atoms with van der Waals surface area (Å²) in [6, 6.07) is 8.71. The Hall–Kier alpha value is -2.76. The molecule has 0 radical (unpaired) electrons. The highest BCUT2D eigenvalue weighted by atomic mass is 32.2. The lowest BCUT2D eigenvalue weighted by atomic mass is 9.98. The van der Waals surface area contributed by atoms with E-state index in [4.69, 9.17) is 9.26 Å². The first-order valence-electron chi connectivity index (χ1n) is 10.1. The second kappa shape index (κ2) is 9.00. The molecule has 1 aliphatic rings. The number of hydrogen-bond acceptors (Lipinski definition) is 8. The molecule has 3 heterocycles. The summed E-state index contributed by atoms with van der Waals surface area (Å²) in [6.07, 6.45) is 1.21. The third-order valence-corrected chi connectivity index (χ3v) is 8.52. The fourth-order valence-corrected chi connectivity index (χ4v) is 6.74. The summed E-state index contributed by atoms with van der Waals surface area (Å²) < 4.78 is 38.5. The number of thiophene rings is 1. The molecule has 0 bridgehead atoms. The molecule has 170 valence electrons. The van der Waals surface area contributed by atoms with Crippen molar-refractivity contribution in [3.63, 3.8) is 0 Å². The zero-order valence-electron chi connectivity index (χ0n) is 18.0. The van der Waals surface area contributed by atoms with Crippen LogP contribution in [0.4, 0.5) is 5.69 Å². The Kier molecular flexibility index (Phi) is 6.31. The van der Waals surface area contributed by atoms with Crippen LogP contribution in [0.25, 0.3) is 10.7 Å². The van der Waals surface area contributed by atoms with Crippen molar-refractivity contribution in [2.75, 3.05) is 25.5 Å². The zero-order chi connectivity index (χ0) is 22.9. The Morgan fingerprint density at radius 1 is 1.31 bits per heavy atom. The van der Waals surface area contributed by atoms with E-state index in [2.05, 4.69) is 15.5 Å². The van der Waals surface area contributed by atoms with Gasteiger partial charge in [0.05, 0.1) is 28.5 Å². The molecule has 0 spiro atoms. The van der Waals surface area contributed by atoms with Gasteiger partial charge in [-0.3, -0.25) is 4.79 Å². The number of sulfonamides is 1. The van der Waals surface area contributed by atoms with Gasteiger partial charge in [-0.25, -0.2) is 8.42 Å². The lowest BCUT2D eigenvalue weighted by Gasteiger charge is -2.31. The van der Waals surface area contributed by atoms with E-state index >= 15 is 0 Å². The normalized spacial score (nSPS) is 17.3. The Morgan fingerprint density at radius 2 is 2.09 bits per heavy atom. The fourth-order valence-electron chi connectivity index (χ4n) is 3.73. The number of hydrogen-bond donors (Lipinski definition) is 1. The first kappa shape index (κ1) is 22.4. The number of benzene rings is 1. The minimum atomic E-state index is -3.77. The molecule has 1 N–H and O–H groups in total. The van der Waals surface area contributed by atoms with Crippen LogP contribution in [0.2, 0.25) is 0 Å². The van der Waals surface area contributed by atoms with Crippen molar-refractivity contribution >= 4 is 33.0 Å².